The minimum Gasteiger partial charge on any atom is -0.365 e. The standard InChI is InChI=1S/C20H27N5OS/c1-13-18(27-20(21-2)23-13)19(26)25-10-6-9-15(12-25)17-16(11-22-24-17)14-7-4-3-5-8-14/h3-5,7-8,15-17,22,24H,6,9-12H2,1-2H3,(H,21,23). The molecule has 0 bridgehead atoms. The molecule has 1 amide bonds. The molecule has 0 saturated carbocycles. The normalized spacial score (nSPS) is 25.6. The van der Waals surface area contributed by atoms with Gasteiger partial charge in [0.2, 0.25) is 0 Å². The predicted molar refractivity (Wildman–Crippen MR) is 109 cm³/mol. The number of carbonyl (C=O) groups excluding carboxylic acids is 1. The summed E-state index contributed by atoms with van der Waals surface area (Å²) in [4.78, 5) is 20.3. The summed E-state index contributed by atoms with van der Waals surface area (Å²) in [5.74, 6) is 1.01. The molecule has 2 aliphatic heterocycles. The van der Waals surface area contributed by atoms with Crippen LogP contribution in [0.5, 0.6) is 0 Å². The van der Waals surface area contributed by atoms with Crippen LogP contribution >= 0.6 is 11.3 Å². The Labute approximate surface area is 164 Å². The Morgan fingerprint density at radius 2 is 2.15 bits per heavy atom. The molecule has 4 rings (SSSR count). The summed E-state index contributed by atoms with van der Waals surface area (Å²) in [5, 5.41) is 3.84. The van der Waals surface area contributed by atoms with Crippen molar-refractivity contribution in [2.24, 2.45) is 5.92 Å². The van der Waals surface area contributed by atoms with Crippen LogP contribution in [-0.4, -0.2) is 48.5 Å². The number of aromatic nitrogens is 1. The number of rotatable bonds is 4. The van der Waals surface area contributed by atoms with Crippen molar-refractivity contribution >= 4 is 22.4 Å². The van der Waals surface area contributed by atoms with Crippen molar-refractivity contribution in [2.75, 3.05) is 32.0 Å². The zero-order valence-corrected chi connectivity index (χ0v) is 16.7. The van der Waals surface area contributed by atoms with Gasteiger partial charge in [-0.25, -0.2) is 4.98 Å². The fourth-order valence-electron chi connectivity index (χ4n) is 4.32. The van der Waals surface area contributed by atoms with Gasteiger partial charge in [-0.3, -0.25) is 15.6 Å². The van der Waals surface area contributed by atoms with E-state index in [1.165, 1.54) is 16.9 Å². The van der Waals surface area contributed by atoms with E-state index in [0.717, 1.165) is 48.2 Å². The van der Waals surface area contributed by atoms with Gasteiger partial charge in [-0.15, -0.1) is 0 Å². The smallest absolute Gasteiger partial charge is 0.265 e. The van der Waals surface area contributed by atoms with Crippen LogP contribution in [0, 0.1) is 12.8 Å². The topological polar surface area (TPSA) is 69.3 Å². The zero-order valence-electron chi connectivity index (χ0n) is 15.9. The summed E-state index contributed by atoms with van der Waals surface area (Å²) in [6.07, 6.45) is 2.20. The second-order valence-electron chi connectivity index (χ2n) is 7.41. The molecule has 1 aromatic heterocycles. The van der Waals surface area contributed by atoms with Crippen LogP contribution in [-0.2, 0) is 0 Å². The molecule has 1 aromatic carbocycles. The van der Waals surface area contributed by atoms with Gasteiger partial charge in [0.05, 0.1) is 5.69 Å². The Morgan fingerprint density at radius 3 is 2.89 bits per heavy atom. The maximum Gasteiger partial charge on any atom is 0.265 e. The van der Waals surface area contributed by atoms with Crippen LogP contribution in [0.15, 0.2) is 30.3 Å². The fourth-order valence-corrected chi connectivity index (χ4v) is 5.21. The number of amides is 1. The molecule has 3 heterocycles. The van der Waals surface area contributed by atoms with Crippen LogP contribution in [0.4, 0.5) is 5.13 Å². The van der Waals surface area contributed by atoms with Gasteiger partial charge >= 0.3 is 0 Å². The van der Waals surface area contributed by atoms with E-state index in [4.69, 9.17) is 0 Å². The molecule has 0 aliphatic carbocycles. The van der Waals surface area contributed by atoms with E-state index in [2.05, 4.69) is 51.5 Å². The largest absolute Gasteiger partial charge is 0.365 e. The van der Waals surface area contributed by atoms with Gasteiger partial charge in [-0.2, -0.15) is 0 Å². The molecule has 2 aromatic rings. The second-order valence-corrected chi connectivity index (χ2v) is 8.40. The molecule has 3 N–H and O–H groups in total. The van der Waals surface area contributed by atoms with E-state index in [1.54, 1.807) is 0 Å². The molecule has 144 valence electrons. The molecule has 6 nitrogen and oxygen atoms in total. The lowest BCUT2D eigenvalue weighted by atomic mass is 9.81. The molecule has 3 unspecified atom stereocenters. The average Bonchev–Trinajstić information content (AvgIpc) is 3.35. The van der Waals surface area contributed by atoms with Crippen LogP contribution in [0.2, 0.25) is 0 Å². The number of hydrogen-bond acceptors (Lipinski definition) is 6. The third-order valence-corrected chi connectivity index (χ3v) is 6.87. The third-order valence-electron chi connectivity index (χ3n) is 5.71. The summed E-state index contributed by atoms with van der Waals surface area (Å²) < 4.78 is 0. The highest BCUT2D eigenvalue weighted by atomic mass is 32.1. The molecule has 2 saturated heterocycles. The number of carbonyl (C=O) groups is 1. The minimum atomic E-state index is 0.124. The fraction of sp³-hybridized carbons (Fsp3) is 0.500. The summed E-state index contributed by atoms with van der Waals surface area (Å²) in [5.41, 5.74) is 9.02. The number of anilines is 1. The highest BCUT2D eigenvalue weighted by molar-refractivity contribution is 7.17. The van der Waals surface area contributed by atoms with E-state index in [0.29, 0.717) is 17.9 Å². The van der Waals surface area contributed by atoms with Gasteiger partial charge in [0.15, 0.2) is 5.13 Å². The first-order valence-electron chi connectivity index (χ1n) is 9.65. The molecule has 2 aliphatic rings. The Morgan fingerprint density at radius 1 is 1.33 bits per heavy atom. The number of likely N-dealkylation sites (tertiary alicyclic amines) is 1. The molecule has 27 heavy (non-hydrogen) atoms. The van der Waals surface area contributed by atoms with E-state index in [-0.39, 0.29) is 5.91 Å². The Balaban J connectivity index is 1.49. The first-order chi connectivity index (χ1) is 13.2. The number of nitrogens with zero attached hydrogens (tertiary/aromatic N) is 2. The second kappa shape index (κ2) is 7.96. The molecule has 0 spiro atoms. The lowest BCUT2D eigenvalue weighted by Gasteiger charge is -2.37. The van der Waals surface area contributed by atoms with E-state index < -0.39 is 0 Å². The number of nitrogens with one attached hydrogen (secondary N) is 3. The average molecular weight is 386 g/mol. The first kappa shape index (κ1) is 18.4. The molecule has 2 fully saturated rings. The zero-order chi connectivity index (χ0) is 18.8. The molecular weight excluding hydrogens is 358 g/mol. The Kier molecular flexibility index (Phi) is 5.43. The molecular formula is C20H27N5OS. The number of piperidine rings is 1. The van der Waals surface area contributed by atoms with Crippen LogP contribution < -0.4 is 16.2 Å². The van der Waals surface area contributed by atoms with Crippen molar-refractivity contribution < 1.29 is 4.79 Å². The van der Waals surface area contributed by atoms with Gasteiger partial charge < -0.3 is 10.2 Å². The molecule has 7 heteroatoms. The Hall–Kier alpha value is -1.96. The van der Waals surface area contributed by atoms with Crippen LogP contribution in [0.25, 0.3) is 0 Å². The minimum absolute atomic E-state index is 0.124. The maximum absolute atomic E-state index is 13.1. The van der Waals surface area contributed by atoms with Gasteiger partial charge in [-0.05, 0) is 31.2 Å². The lowest BCUT2D eigenvalue weighted by molar-refractivity contribution is 0.0648. The highest BCUT2D eigenvalue weighted by Gasteiger charge is 2.38. The number of benzene rings is 1. The SMILES string of the molecule is CNc1nc(C)c(C(=O)N2CCCC(C3NNCC3c3ccccc3)C2)s1. The third kappa shape index (κ3) is 3.72. The summed E-state index contributed by atoms with van der Waals surface area (Å²) in [6.45, 7) is 4.48. The number of thiazole rings is 1. The summed E-state index contributed by atoms with van der Waals surface area (Å²) in [7, 11) is 1.84. The lowest BCUT2D eigenvalue weighted by Crippen LogP contribution is -2.48. The quantitative estimate of drug-likeness (QED) is 0.755. The van der Waals surface area contributed by atoms with E-state index >= 15 is 0 Å². The van der Waals surface area contributed by atoms with Crippen molar-refractivity contribution in [2.45, 2.75) is 31.7 Å². The van der Waals surface area contributed by atoms with Crippen molar-refractivity contribution in [3.8, 4) is 0 Å². The predicted octanol–water partition coefficient (Wildman–Crippen LogP) is 2.61. The van der Waals surface area contributed by atoms with Crippen LogP contribution in [0.1, 0.15) is 39.7 Å². The van der Waals surface area contributed by atoms with Crippen molar-refractivity contribution in [1.29, 1.82) is 0 Å². The summed E-state index contributed by atoms with van der Waals surface area (Å²) in [6, 6.07) is 11.0. The molecule has 3 atom stereocenters. The maximum atomic E-state index is 13.1. The Bertz CT molecular complexity index is 793. The van der Waals surface area contributed by atoms with E-state index in [9.17, 15) is 4.79 Å². The number of hydrogen-bond donors (Lipinski definition) is 3. The van der Waals surface area contributed by atoms with Crippen molar-refractivity contribution in [3.05, 3.63) is 46.5 Å². The highest BCUT2D eigenvalue weighted by Crippen LogP contribution is 2.33. The summed E-state index contributed by atoms with van der Waals surface area (Å²) >= 11 is 1.45. The molecule has 0 radical (unpaired) electrons. The van der Waals surface area contributed by atoms with Gasteiger partial charge in [0, 0.05) is 38.6 Å². The van der Waals surface area contributed by atoms with Crippen molar-refractivity contribution in [3.63, 3.8) is 0 Å². The van der Waals surface area contributed by atoms with Gasteiger partial charge in [0.1, 0.15) is 4.88 Å². The van der Waals surface area contributed by atoms with Crippen LogP contribution in [0.3, 0.4) is 0 Å². The first-order valence-corrected chi connectivity index (χ1v) is 10.5. The van der Waals surface area contributed by atoms with Gasteiger partial charge in [-0.1, -0.05) is 41.7 Å². The van der Waals surface area contributed by atoms with Crippen molar-refractivity contribution in [1.82, 2.24) is 20.7 Å². The van der Waals surface area contributed by atoms with E-state index in [1.807, 2.05) is 18.9 Å². The number of aryl methyl sites for hydroxylation is 1. The van der Waals surface area contributed by atoms with Gasteiger partial charge in [0.25, 0.3) is 5.91 Å². The number of hydrazine groups is 1. The monoisotopic (exact) mass is 385 g/mol.